The van der Waals surface area contributed by atoms with Crippen molar-refractivity contribution in [2.75, 3.05) is 13.2 Å². The third-order valence-corrected chi connectivity index (χ3v) is 3.44. The number of hydrogen-bond donors (Lipinski definition) is 1. The quantitative estimate of drug-likeness (QED) is 0.474. The number of hydrogen-bond acceptors (Lipinski definition) is 5. The first-order chi connectivity index (χ1) is 12.0. The number of nitro groups is 1. The predicted molar refractivity (Wildman–Crippen MR) is 91.5 cm³/mol. The van der Waals surface area contributed by atoms with E-state index in [1.807, 2.05) is 30.3 Å². The summed E-state index contributed by atoms with van der Waals surface area (Å²) in [6.45, 7) is 2.15. The van der Waals surface area contributed by atoms with Gasteiger partial charge in [0, 0.05) is 24.2 Å². The molecule has 0 aliphatic carbocycles. The van der Waals surface area contributed by atoms with E-state index in [1.165, 1.54) is 6.07 Å². The van der Waals surface area contributed by atoms with Crippen molar-refractivity contribution in [3.63, 3.8) is 0 Å². The molecule has 2 rings (SSSR count). The minimum Gasteiger partial charge on any atom is -0.462 e. The highest BCUT2D eigenvalue weighted by molar-refractivity contribution is 5.99. The number of non-ortho nitro benzene ring substituents is 1. The molecule has 7 heteroatoms. The van der Waals surface area contributed by atoms with Crippen molar-refractivity contribution in [3.8, 4) is 0 Å². The molecule has 0 fully saturated rings. The van der Waals surface area contributed by atoms with Gasteiger partial charge in [0.05, 0.1) is 17.1 Å². The summed E-state index contributed by atoms with van der Waals surface area (Å²) in [5.74, 6) is -1.19. The maximum Gasteiger partial charge on any atom is 0.338 e. The lowest BCUT2D eigenvalue weighted by atomic mass is 10.1. The van der Waals surface area contributed by atoms with Crippen LogP contribution in [0.2, 0.25) is 0 Å². The number of amides is 1. The Morgan fingerprint density at radius 1 is 1.12 bits per heavy atom. The fourth-order valence-electron chi connectivity index (χ4n) is 2.25. The highest BCUT2D eigenvalue weighted by Crippen LogP contribution is 2.18. The molecule has 1 amide bonds. The van der Waals surface area contributed by atoms with Crippen LogP contribution < -0.4 is 5.32 Å². The van der Waals surface area contributed by atoms with Gasteiger partial charge < -0.3 is 10.1 Å². The van der Waals surface area contributed by atoms with E-state index in [1.54, 1.807) is 6.92 Å². The second-order valence-electron chi connectivity index (χ2n) is 5.24. The lowest BCUT2D eigenvalue weighted by Gasteiger charge is -2.07. The van der Waals surface area contributed by atoms with Crippen LogP contribution in [0.15, 0.2) is 48.5 Å². The molecule has 1 N–H and O–H groups in total. The van der Waals surface area contributed by atoms with Gasteiger partial charge in [0.2, 0.25) is 0 Å². The topological polar surface area (TPSA) is 98.5 Å². The Balaban J connectivity index is 2.11. The summed E-state index contributed by atoms with van der Waals surface area (Å²) in [5, 5.41) is 13.7. The summed E-state index contributed by atoms with van der Waals surface area (Å²) in [5.41, 5.74) is 0.752. The number of ether oxygens (including phenoxy) is 1. The summed E-state index contributed by atoms with van der Waals surface area (Å²) in [7, 11) is 0. The van der Waals surface area contributed by atoms with Gasteiger partial charge in [-0.1, -0.05) is 30.3 Å². The van der Waals surface area contributed by atoms with Crippen molar-refractivity contribution >= 4 is 17.6 Å². The van der Waals surface area contributed by atoms with Crippen molar-refractivity contribution in [2.45, 2.75) is 13.3 Å². The monoisotopic (exact) mass is 342 g/mol. The third-order valence-electron chi connectivity index (χ3n) is 3.44. The molecule has 0 spiro atoms. The summed E-state index contributed by atoms with van der Waals surface area (Å²) in [6, 6.07) is 13.1. The van der Waals surface area contributed by atoms with E-state index < -0.39 is 16.8 Å². The normalized spacial score (nSPS) is 10.1. The largest absolute Gasteiger partial charge is 0.462 e. The van der Waals surface area contributed by atoms with Crippen LogP contribution in [0, 0.1) is 10.1 Å². The summed E-state index contributed by atoms with van der Waals surface area (Å²) in [4.78, 5) is 34.5. The van der Waals surface area contributed by atoms with Gasteiger partial charge in [0.1, 0.15) is 0 Å². The first-order valence-corrected chi connectivity index (χ1v) is 7.80. The average molecular weight is 342 g/mol. The lowest BCUT2D eigenvalue weighted by Crippen LogP contribution is -2.26. The highest BCUT2D eigenvalue weighted by Gasteiger charge is 2.18. The van der Waals surface area contributed by atoms with E-state index >= 15 is 0 Å². The number of benzene rings is 2. The van der Waals surface area contributed by atoms with E-state index in [0.717, 1.165) is 17.7 Å². The van der Waals surface area contributed by atoms with Crippen molar-refractivity contribution in [3.05, 3.63) is 75.3 Å². The zero-order valence-electron chi connectivity index (χ0n) is 13.7. The number of carbonyl (C=O) groups is 2. The van der Waals surface area contributed by atoms with Gasteiger partial charge in [0.25, 0.3) is 11.6 Å². The minimum absolute atomic E-state index is 0.0238. The van der Waals surface area contributed by atoms with E-state index in [4.69, 9.17) is 4.74 Å². The molecule has 25 heavy (non-hydrogen) atoms. The van der Waals surface area contributed by atoms with Crippen LogP contribution in [0.3, 0.4) is 0 Å². The fourth-order valence-corrected chi connectivity index (χ4v) is 2.25. The van der Waals surface area contributed by atoms with Crippen LogP contribution in [-0.2, 0) is 11.2 Å². The van der Waals surface area contributed by atoms with Gasteiger partial charge in [-0.05, 0) is 25.0 Å². The predicted octanol–water partition coefficient (Wildman–Crippen LogP) is 2.74. The van der Waals surface area contributed by atoms with Gasteiger partial charge >= 0.3 is 5.97 Å². The molecule has 0 saturated heterocycles. The van der Waals surface area contributed by atoms with Crippen molar-refractivity contribution < 1.29 is 19.2 Å². The second-order valence-corrected chi connectivity index (χ2v) is 5.24. The standard InChI is InChI=1S/C18H18N2O5/c1-2-25-18(22)15-10-14(11-16(12-15)20(23)24)17(21)19-9-8-13-6-4-3-5-7-13/h3-7,10-12H,2,8-9H2,1H3,(H,19,21). The number of nitrogens with zero attached hydrogens (tertiary/aromatic N) is 1. The van der Waals surface area contributed by atoms with E-state index in [-0.39, 0.29) is 23.4 Å². The molecule has 0 bridgehead atoms. The fraction of sp³-hybridized carbons (Fsp3) is 0.222. The van der Waals surface area contributed by atoms with Gasteiger partial charge in [-0.3, -0.25) is 14.9 Å². The molecule has 0 saturated carbocycles. The van der Waals surface area contributed by atoms with Crippen LogP contribution >= 0.6 is 0 Å². The Kier molecular flexibility index (Phi) is 6.22. The zero-order valence-corrected chi connectivity index (χ0v) is 13.7. The van der Waals surface area contributed by atoms with E-state index in [9.17, 15) is 19.7 Å². The van der Waals surface area contributed by atoms with Crippen LogP contribution in [0.5, 0.6) is 0 Å². The van der Waals surface area contributed by atoms with E-state index in [2.05, 4.69) is 5.32 Å². The number of nitrogens with one attached hydrogen (secondary N) is 1. The van der Waals surface area contributed by atoms with Gasteiger partial charge in [-0.25, -0.2) is 4.79 Å². The maximum absolute atomic E-state index is 12.3. The van der Waals surface area contributed by atoms with Crippen LogP contribution in [0.1, 0.15) is 33.2 Å². The number of rotatable bonds is 7. The molecule has 2 aromatic carbocycles. The average Bonchev–Trinajstić information content (AvgIpc) is 2.62. The lowest BCUT2D eigenvalue weighted by molar-refractivity contribution is -0.384. The minimum atomic E-state index is -0.704. The molecule has 0 aromatic heterocycles. The molecular formula is C18H18N2O5. The Labute approximate surface area is 144 Å². The third kappa shape index (κ3) is 5.13. The molecule has 2 aromatic rings. The Morgan fingerprint density at radius 2 is 1.80 bits per heavy atom. The van der Waals surface area contributed by atoms with Gasteiger partial charge in [-0.15, -0.1) is 0 Å². The van der Waals surface area contributed by atoms with Crippen LogP contribution in [0.4, 0.5) is 5.69 Å². The Hall–Kier alpha value is -3.22. The first-order valence-electron chi connectivity index (χ1n) is 7.80. The van der Waals surface area contributed by atoms with Crippen molar-refractivity contribution in [1.29, 1.82) is 0 Å². The molecule has 7 nitrogen and oxygen atoms in total. The Morgan fingerprint density at radius 3 is 2.44 bits per heavy atom. The molecule has 0 heterocycles. The van der Waals surface area contributed by atoms with Gasteiger partial charge in [0.15, 0.2) is 0 Å². The smallest absolute Gasteiger partial charge is 0.338 e. The number of nitro benzene ring substituents is 1. The number of carbonyl (C=O) groups excluding carboxylic acids is 2. The van der Waals surface area contributed by atoms with Crippen molar-refractivity contribution in [1.82, 2.24) is 5.32 Å². The van der Waals surface area contributed by atoms with E-state index in [0.29, 0.717) is 13.0 Å². The van der Waals surface area contributed by atoms with Crippen LogP contribution in [-0.4, -0.2) is 30.0 Å². The van der Waals surface area contributed by atoms with Crippen LogP contribution in [0.25, 0.3) is 0 Å². The second kappa shape index (κ2) is 8.58. The van der Waals surface area contributed by atoms with Crippen molar-refractivity contribution in [2.24, 2.45) is 0 Å². The summed E-state index contributed by atoms with van der Waals surface area (Å²) in [6.07, 6.45) is 0.631. The van der Waals surface area contributed by atoms with Gasteiger partial charge in [-0.2, -0.15) is 0 Å². The Bertz CT molecular complexity index is 774. The molecule has 0 atom stereocenters. The SMILES string of the molecule is CCOC(=O)c1cc(C(=O)NCCc2ccccc2)cc([N+](=O)[O-])c1. The molecule has 0 aliphatic heterocycles. The first kappa shape index (κ1) is 18.1. The maximum atomic E-state index is 12.3. The molecular weight excluding hydrogens is 324 g/mol. The summed E-state index contributed by atoms with van der Waals surface area (Å²) < 4.78 is 4.84. The molecule has 0 aliphatic rings. The molecule has 0 unspecified atom stereocenters. The zero-order chi connectivity index (χ0) is 18.2. The summed E-state index contributed by atoms with van der Waals surface area (Å²) >= 11 is 0. The highest BCUT2D eigenvalue weighted by atomic mass is 16.6. The number of esters is 1. The molecule has 0 radical (unpaired) electrons. The molecule has 130 valence electrons.